The Balaban J connectivity index is 2.19. The zero-order valence-electron chi connectivity index (χ0n) is 10.00. The molecular weight excluding hydrogens is 302 g/mol. The van der Waals surface area contributed by atoms with Gasteiger partial charge in [0.05, 0.1) is 28.2 Å². The van der Waals surface area contributed by atoms with E-state index in [-0.39, 0.29) is 16.6 Å². The average Bonchev–Trinajstić information content (AvgIpc) is 2.91. The largest absolute Gasteiger partial charge is 0.475 e. The molecule has 1 N–H and O–H groups in total. The van der Waals surface area contributed by atoms with Crippen molar-refractivity contribution in [1.82, 2.24) is 0 Å². The van der Waals surface area contributed by atoms with Gasteiger partial charge in [-0.25, -0.2) is 4.79 Å². The van der Waals surface area contributed by atoms with E-state index in [1.54, 1.807) is 12.1 Å². The van der Waals surface area contributed by atoms with Crippen molar-refractivity contribution < 1.29 is 18.5 Å². The summed E-state index contributed by atoms with van der Waals surface area (Å²) in [5.74, 6) is -1.40. The Morgan fingerprint density at radius 1 is 1.40 bits per heavy atom. The van der Waals surface area contributed by atoms with E-state index in [9.17, 15) is 9.00 Å². The maximum atomic E-state index is 12.1. The lowest BCUT2D eigenvalue weighted by Gasteiger charge is -2.03. The lowest BCUT2D eigenvalue weighted by atomic mass is 10.2. The molecule has 1 atom stereocenters. The van der Waals surface area contributed by atoms with Crippen LogP contribution in [0.15, 0.2) is 39.8 Å². The van der Waals surface area contributed by atoms with E-state index in [4.69, 9.17) is 26.4 Å². The Morgan fingerprint density at radius 3 is 2.70 bits per heavy atom. The molecule has 0 aliphatic carbocycles. The summed E-state index contributed by atoms with van der Waals surface area (Å²) in [6, 6.07) is 9.22. The molecule has 5 nitrogen and oxygen atoms in total. The number of halogens is 1. The molecular formula is C13H8ClNO4S. The summed E-state index contributed by atoms with van der Waals surface area (Å²) in [7, 11) is -1.55. The molecule has 0 spiro atoms. The number of carboxylic acid groups (broad SMARTS) is 1. The lowest BCUT2D eigenvalue weighted by Crippen LogP contribution is -1.97. The molecule has 2 aromatic rings. The normalized spacial score (nSPS) is 11.8. The van der Waals surface area contributed by atoms with Gasteiger partial charge in [-0.3, -0.25) is 4.21 Å². The maximum absolute atomic E-state index is 12.1. The van der Waals surface area contributed by atoms with Crippen LogP contribution in [-0.4, -0.2) is 15.3 Å². The van der Waals surface area contributed by atoms with Crippen molar-refractivity contribution in [2.24, 2.45) is 0 Å². The van der Waals surface area contributed by atoms with Crippen LogP contribution in [0.3, 0.4) is 0 Å². The van der Waals surface area contributed by atoms with Crippen LogP contribution in [0.5, 0.6) is 0 Å². The second-order valence-electron chi connectivity index (χ2n) is 3.83. The number of carboxylic acids is 1. The third-order valence-corrected chi connectivity index (χ3v) is 4.08. The van der Waals surface area contributed by atoms with Crippen LogP contribution in [-0.2, 0) is 16.6 Å². The number of furan rings is 1. The highest BCUT2D eigenvalue weighted by Crippen LogP contribution is 2.22. The maximum Gasteiger partial charge on any atom is 0.371 e. The van der Waals surface area contributed by atoms with Crippen molar-refractivity contribution in [3.05, 3.63) is 52.2 Å². The second-order valence-corrected chi connectivity index (χ2v) is 5.62. The number of aromatic carboxylic acids is 1. The van der Waals surface area contributed by atoms with E-state index in [2.05, 4.69) is 0 Å². The zero-order chi connectivity index (χ0) is 14.7. The molecule has 0 bridgehead atoms. The monoisotopic (exact) mass is 309 g/mol. The molecule has 0 amide bonds. The van der Waals surface area contributed by atoms with E-state index in [0.29, 0.717) is 16.1 Å². The van der Waals surface area contributed by atoms with Gasteiger partial charge in [0.2, 0.25) is 5.76 Å². The topological polar surface area (TPSA) is 91.3 Å². The van der Waals surface area contributed by atoms with E-state index in [1.165, 1.54) is 18.2 Å². The van der Waals surface area contributed by atoms with Crippen molar-refractivity contribution in [3.8, 4) is 6.07 Å². The molecule has 1 aromatic heterocycles. The van der Waals surface area contributed by atoms with Crippen molar-refractivity contribution in [1.29, 1.82) is 5.26 Å². The van der Waals surface area contributed by atoms with Crippen molar-refractivity contribution >= 4 is 28.4 Å². The summed E-state index contributed by atoms with van der Waals surface area (Å²) in [6.45, 7) is 0. The number of nitrogens with zero attached hydrogens (tertiary/aromatic N) is 1. The van der Waals surface area contributed by atoms with Gasteiger partial charge in [-0.2, -0.15) is 5.26 Å². The highest BCUT2D eigenvalue weighted by Gasteiger charge is 2.15. The predicted molar refractivity (Wildman–Crippen MR) is 71.9 cm³/mol. The van der Waals surface area contributed by atoms with E-state index in [1.807, 2.05) is 6.07 Å². The Labute approximate surface area is 121 Å². The average molecular weight is 310 g/mol. The number of carbonyl (C=O) groups is 1. The first-order chi connectivity index (χ1) is 9.51. The van der Waals surface area contributed by atoms with Gasteiger partial charge in [0.1, 0.15) is 0 Å². The molecule has 1 unspecified atom stereocenters. The molecule has 0 fully saturated rings. The Morgan fingerprint density at radius 2 is 2.15 bits per heavy atom. The SMILES string of the molecule is N#Cc1ccc(CS(=O)c2ccc(C(=O)O)o2)c(Cl)c1. The molecule has 0 radical (unpaired) electrons. The molecule has 20 heavy (non-hydrogen) atoms. The minimum atomic E-state index is -1.55. The predicted octanol–water partition coefficient (Wildman–Crippen LogP) is 2.81. The fourth-order valence-electron chi connectivity index (χ4n) is 1.50. The third-order valence-electron chi connectivity index (χ3n) is 2.49. The first kappa shape index (κ1) is 14.3. The van der Waals surface area contributed by atoms with Crippen molar-refractivity contribution in [2.75, 3.05) is 0 Å². The number of hydrogen-bond donors (Lipinski definition) is 1. The van der Waals surface area contributed by atoms with Crippen LogP contribution >= 0.6 is 11.6 Å². The highest BCUT2D eigenvalue weighted by atomic mass is 35.5. The van der Waals surface area contributed by atoms with Gasteiger partial charge in [-0.15, -0.1) is 0 Å². The van der Waals surface area contributed by atoms with Crippen LogP contribution in [0, 0.1) is 11.3 Å². The summed E-state index contributed by atoms with van der Waals surface area (Å²) < 4.78 is 17.0. The molecule has 0 saturated carbocycles. The summed E-state index contributed by atoms with van der Waals surface area (Å²) in [5.41, 5.74) is 1.01. The number of hydrogen-bond acceptors (Lipinski definition) is 4. The second kappa shape index (κ2) is 5.90. The van der Waals surface area contributed by atoms with Crippen LogP contribution in [0.2, 0.25) is 5.02 Å². The first-order valence-electron chi connectivity index (χ1n) is 5.41. The summed E-state index contributed by atoms with van der Waals surface area (Å²) in [6.07, 6.45) is 0. The van der Waals surface area contributed by atoms with Crippen LogP contribution < -0.4 is 0 Å². The van der Waals surface area contributed by atoms with Gasteiger partial charge < -0.3 is 9.52 Å². The van der Waals surface area contributed by atoms with Gasteiger partial charge in [0, 0.05) is 5.02 Å². The van der Waals surface area contributed by atoms with E-state index < -0.39 is 16.8 Å². The first-order valence-corrected chi connectivity index (χ1v) is 7.11. The van der Waals surface area contributed by atoms with Gasteiger partial charge in [-0.05, 0) is 29.8 Å². The summed E-state index contributed by atoms with van der Waals surface area (Å²) in [5, 5.41) is 17.9. The number of benzene rings is 1. The minimum absolute atomic E-state index is 0.0721. The fraction of sp³-hybridized carbons (Fsp3) is 0.0769. The number of nitriles is 1. The lowest BCUT2D eigenvalue weighted by molar-refractivity contribution is 0.0656. The molecule has 0 aliphatic rings. The molecule has 102 valence electrons. The van der Waals surface area contributed by atoms with E-state index in [0.717, 1.165) is 0 Å². The van der Waals surface area contributed by atoms with Crippen molar-refractivity contribution in [2.45, 2.75) is 10.8 Å². The van der Waals surface area contributed by atoms with E-state index >= 15 is 0 Å². The minimum Gasteiger partial charge on any atom is -0.475 e. The summed E-state index contributed by atoms with van der Waals surface area (Å²) >= 11 is 5.99. The molecule has 1 heterocycles. The van der Waals surface area contributed by atoms with Crippen LogP contribution in [0.1, 0.15) is 21.7 Å². The fourth-order valence-corrected chi connectivity index (χ4v) is 2.91. The Hall–Kier alpha value is -2.10. The molecule has 0 saturated heterocycles. The van der Waals surface area contributed by atoms with Gasteiger partial charge >= 0.3 is 5.97 Å². The van der Waals surface area contributed by atoms with Crippen molar-refractivity contribution in [3.63, 3.8) is 0 Å². The number of rotatable bonds is 4. The highest BCUT2D eigenvalue weighted by molar-refractivity contribution is 7.84. The van der Waals surface area contributed by atoms with Crippen LogP contribution in [0.25, 0.3) is 0 Å². The molecule has 0 aliphatic heterocycles. The van der Waals surface area contributed by atoms with Gasteiger partial charge in [0.25, 0.3) is 0 Å². The van der Waals surface area contributed by atoms with Gasteiger partial charge in [0.15, 0.2) is 5.09 Å². The molecule has 7 heteroatoms. The van der Waals surface area contributed by atoms with Gasteiger partial charge in [-0.1, -0.05) is 17.7 Å². The quantitative estimate of drug-likeness (QED) is 0.937. The standard InChI is InChI=1S/C13H8ClNO4S/c14-10-5-8(6-15)1-2-9(10)7-20(18)12-4-3-11(19-12)13(16)17/h1-5H,7H2,(H,16,17). The zero-order valence-corrected chi connectivity index (χ0v) is 11.6. The van der Waals surface area contributed by atoms with Crippen LogP contribution in [0.4, 0.5) is 0 Å². The summed E-state index contributed by atoms with van der Waals surface area (Å²) in [4.78, 5) is 10.7. The Kier molecular flexibility index (Phi) is 4.23. The molecule has 1 aromatic carbocycles. The Bertz CT molecular complexity index is 732. The molecule has 2 rings (SSSR count). The third kappa shape index (κ3) is 3.07. The smallest absolute Gasteiger partial charge is 0.371 e.